The number of amides is 1. The number of hydrogen-bond acceptors (Lipinski definition) is 3. The standard InChI is InChI=1S/C16H33N3O/c1-4-9-16(10-7-11-17-14-16)15(20)18-12-8-13-19(5-2)6-3/h17H,4-14H2,1-3H3,(H,18,20). The molecule has 0 radical (unpaired) electrons. The van der Waals surface area contributed by atoms with Gasteiger partial charge in [0.1, 0.15) is 0 Å². The maximum absolute atomic E-state index is 12.5. The molecular weight excluding hydrogens is 250 g/mol. The molecule has 1 unspecified atom stereocenters. The Morgan fingerprint density at radius 2 is 2.05 bits per heavy atom. The van der Waals surface area contributed by atoms with Gasteiger partial charge in [-0.05, 0) is 51.9 Å². The van der Waals surface area contributed by atoms with E-state index in [1.807, 2.05) is 0 Å². The topological polar surface area (TPSA) is 44.4 Å². The monoisotopic (exact) mass is 283 g/mol. The highest BCUT2D eigenvalue weighted by Crippen LogP contribution is 2.31. The molecule has 4 heteroatoms. The van der Waals surface area contributed by atoms with Crippen molar-refractivity contribution in [1.29, 1.82) is 0 Å². The van der Waals surface area contributed by atoms with Crippen LogP contribution in [0.4, 0.5) is 0 Å². The van der Waals surface area contributed by atoms with Gasteiger partial charge < -0.3 is 15.5 Å². The third kappa shape index (κ3) is 5.06. The average molecular weight is 283 g/mol. The van der Waals surface area contributed by atoms with Gasteiger partial charge in [0, 0.05) is 13.1 Å². The zero-order chi connectivity index (χ0) is 14.8. The van der Waals surface area contributed by atoms with Crippen LogP contribution in [-0.2, 0) is 4.79 Å². The van der Waals surface area contributed by atoms with Gasteiger partial charge in [0.15, 0.2) is 0 Å². The lowest BCUT2D eigenvalue weighted by atomic mass is 9.76. The number of piperidine rings is 1. The molecule has 0 aliphatic carbocycles. The Hall–Kier alpha value is -0.610. The van der Waals surface area contributed by atoms with Crippen LogP contribution in [0.5, 0.6) is 0 Å². The third-order valence-electron chi connectivity index (χ3n) is 4.51. The van der Waals surface area contributed by atoms with Crippen LogP contribution in [0.2, 0.25) is 0 Å². The zero-order valence-electron chi connectivity index (χ0n) is 13.6. The lowest BCUT2D eigenvalue weighted by molar-refractivity contribution is -0.132. The van der Waals surface area contributed by atoms with Crippen molar-refractivity contribution in [2.75, 3.05) is 39.3 Å². The lowest BCUT2D eigenvalue weighted by Gasteiger charge is -2.36. The van der Waals surface area contributed by atoms with Crippen molar-refractivity contribution >= 4 is 5.91 Å². The van der Waals surface area contributed by atoms with Crippen molar-refractivity contribution < 1.29 is 4.79 Å². The first-order chi connectivity index (χ1) is 9.68. The summed E-state index contributed by atoms with van der Waals surface area (Å²) in [6.07, 6.45) is 5.28. The van der Waals surface area contributed by atoms with E-state index in [1.54, 1.807) is 0 Å². The number of hydrogen-bond donors (Lipinski definition) is 2. The summed E-state index contributed by atoms with van der Waals surface area (Å²) in [6.45, 7) is 12.5. The van der Waals surface area contributed by atoms with Crippen molar-refractivity contribution in [2.45, 2.75) is 52.9 Å². The average Bonchev–Trinajstić information content (AvgIpc) is 2.48. The molecule has 4 nitrogen and oxygen atoms in total. The van der Waals surface area contributed by atoms with Gasteiger partial charge in [-0.15, -0.1) is 0 Å². The van der Waals surface area contributed by atoms with Crippen LogP contribution in [0.1, 0.15) is 52.9 Å². The molecule has 118 valence electrons. The fourth-order valence-corrected chi connectivity index (χ4v) is 3.20. The highest BCUT2D eigenvalue weighted by molar-refractivity contribution is 5.83. The Morgan fingerprint density at radius 3 is 2.60 bits per heavy atom. The fourth-order valence-electron chi connectivity index (χ4n) is 3.20. The summed E-state index contributed by atoms with van der Waals surface area (Å²) in [5, 5.41) is 6.58. The highest BCUT2D eigenvalue weighted by Gasteiger charge is 2.38. The van der Waals surface area contributed by atoms with Crippen molar-refractivity contribution in [3.05, 3.63) is 0 Å². The van der Waals surface area contributed by atoms with Crippen LogP contribution in [0.15, 0.2) is 0 Å². The number of nitrogens with one attached hydrogen (secondary N) is 2. The number of carbonyl (C=O) groups is 1. The van der Waals surface area contributed by atoms with Crippen molar-refractivity contribution in [3.63, 3.8) is 0 Å². The Morgan fingerprint density at radius 1 is 1.30 bits per heavy atom. The van der Waals surface area contributed by atoms with Crippen molar-refractivity contribution in [1.82, 2.24) is 15.5 Å². The first-order valence-corrected chi connectivity index (χ1v) is 8.40. The molecule has 1 heterocycles. The van der Waals surface area contributed by atoms with Gasteiger partial charge in [-0.3, -0.25) is 4.79 Å². The summed E-state index contributed by atoms with van der Waals surface area (Å²) in [4.78, 5) is 14.9. The van der Waals surface area contributed by atoms with Gasteiger partial charge in [-0.2, -0.15) is 0 Å². The minimum absolute atomic E-state index is 0.151. The molecule has 0 aromatic heterocycles. The molecule has 1 saturated heterocycles. The molecular formula is C16H33N3O. The van der Waals surface area contributed by atoms with E-state index < -0.39 is 0 Å². The van der Waals surface area contributed by atoms with Crippen molar-refractivity contribution in [3.8, 4) is 0 Å². The van der Waals surface area contributed by atoms with E-state index in [2.05, 4.69) is 36.3 Å². The third-order valence-corrected chi connectivity index (χ3v) is 4.51. The summed E-state index contributed by atoms with van der Waals surface area (Å²) in [7, 11) is 0. The number of nitrogens with zero attached hydrogens (tertiary/aromatic N) is 1. The largest absolute Gasteiger partial charge is 0.356 e. The summed E-state index contributed by atoms with van der Waals surface area (Å²) in [5.41, 5.74) is -0.151. The molecule has 0 aromatic rings. The van der Waals surface area contributed by atoms with Gasteiger partial charge in [-0.1, -0.05) is 27.2 Å². The molecule has 0 aromatic carbocycles. The second-order valence-electron chi connectivity index (χ2n) is 5.95. The summed E-state index contributed by atoms with van der Waals surface area (Å²) >= 11 is 0. The van der Waals surface area contributed by atoms with E-state index in [0.29, 0.717) is 0 Å². The second-order valence-corrected chi connectivity index (χ2v) is 5.95. The van der Waals surface area contributed by atoms with E-state index in [0.717, 1.165) is 71.4 Å². The molecule has 1 amide bonds. The molecule has 20 heavy (non-hydrogen) atoms. The maximum atomic E-state index is 12.5. The van der Waals surface area contributed by atoms with Crippen LogP contribution >= 0.6 is 0 Å². The Kier molecular flexibility index (Phi) is 8.15. The SMILES string of the molecule is CCCC1(C(=O)NCCCN(CC)CC)CCCNC1. The fraction of sp³-hybridized carbons (Fsp3) is 0.938. The Bertz CT molecular complexity index is 265. The Balaban J connectivity index is 2.35. The van der Waals surface area contributed by atoms with Crippen LogP contribution < -0.4 is 10.6 Å². The molecule has 1 fully saturated rings. The predicted octanol–water partition coefficient (Wildman–Crippen LogP) is 2.00. The van der Waals surface area contributed by atoms with E-state index in [-0.39, 0.29) is 11.3 Å². The summed E-state index contributed by atoms with van der Waals surface area (Å²) in [6, 6.07) is 0. The van der Waals surface area contributed by atoms with Gasteiger partial charge >= 0.3 is 0 Å². The van der Waals surface area contributed by atoms with Gasteiger partial charge in [-0.25, -0.2) is 0 Å². The Labute approximate surface area is 124 Å². The van der Waals surface area contributed by atoms with Gasteiger partial charge in [0.25, 0.3) is 0 Å². The minimum atomic E-state index is -0.151. The van der Waals surface area contributed by atoms with Gasteiger partial charge in [0.05, 0.1) is 5.41 Å². The zero-order valence-corrected chi connectivity index (χ0v) is 13.6. The quantitative estimate of drug-likeness (QED) is 0.636. The van der Waals surface area contributed by atoms with Crippen LogP contribution in [0.25, 0.3) is 0 Å². The van der Waals surface area contributed by atoms with E-state index >= 15 is 0 Å². The summed E-state index contributed by atoms with van der Waals surface area (Å²) < 4.78 is 0. The second kappa shape index (κ2) is 9.35. The molecule has 2 N–H and O–H groups in total. The first-order valence-electron chi connectivity index (χ1n) is 8.40. The van der Waals surface area contributed by atoms with Crippen LogP contribution in [0, 0.1) is 5.41 Å². The predicted molar refractivity (Wildman–Crippen MR) is 84.9 cm³/mol. The molecule has 0 bridgehead atoms. The molecule has 0 saturated carbocycles. The minimum Gasteiger partial charge on any atom is -0.356 e. The highest BCUT2D eigenvalue weighted by atomic mass is 16.2. The summed E-state index contributed by atoms with van der Waals surface area (Å²) in [5.74, 6) is 0.270. The lowest BCUT2D eigenvalue weighted by Crippen LogP contribution is -2.50. The van der Waals surface area contributed by atoms with E-state index in [4.69, 9.17) is 0 Å². The molecule has 1 rings (SSSR count). The van der Waals surface area contributed by atoms with Crippen LogP contribution in [0.3, 0.4) is 0 Å². The van der Waals surface area contributed by atoms with E-state index in [9.17, 15) is 4.79 Å². The number of carbonyl (C=O) groups excluding carboxylic acids is 1. The maximum Gasteiger partial charge on any atom is 0.227 e. The molecule has 1 aliphatic heterocycles. The van der Waals surface area contributed by atoms with E-state index in [1.165, 1.54) is 0 Å². The molecule has 1 aliphatic rings. The first kappa shape index (κ1) is 17.4. The van der Waals surface area contributed by atoms with Crippen LogP contribution in [-0.4, -0.2) is 50.1 Å². The van der Waals surface area contributed by atoms with Crippen molar-refractivity contribution in [2.24, 2.45) is 5.41 Å². The van der Waals surface area contributed by atoms with Gasteiger partial charge in [0.2, 0.25) is 5.91 Å². The smallest absolute Gasteiger partial charge is 0.227 e. The molecule has 1 atom stereocenters. The normalized spacial score (nSPS) is 23.0. The molecule has 0 spiro atoms. The number of rotatable bonds is 9.